The zero-order valence-corrected chi connectivity index (χ0v) is 14.5. The summed E-state index contributed by atoms with van der Waals surface area (Å²) in [5.41, 5.74) is 0.687. The first-order valence-corrected chi connectivity index (χ1v) is 8.34. The molecule has 1 heterocycles. The molecule has 1 unspecified atom stereocenters. The lowest BCUT2D eigenvalue weighted by Crippen LogP contribution is -2.47. The molecule has 1 fully saturated rings. The van der Waals surface area contributed by atoms with E-state index in [4.69, 9.17) is 11.6 Å². The molecule has 2 N–H and O–H groups in total. The topological polar surface area (TPSA) is 65.5 Å². The first-order valence-electron chi connectivity index (χ1n) is 7.96. The fourth-order valence-electron chi connectivity index (χ4n) is 3.08. The van der Waals surface area contributed by atoms with Gasteiger partial charge in [-0.15, -0.1) is 0 Å². The first-order chi connectivity index (χ1) is 12.0. The highest BCUT2D eigenvalue weighted by molar-refractivity contribution is 6.31. The number of likely N-dealkylation sites (N-methyl/N-ethyl adjacent to an activating group) is 1. The van der Waals surface area contributed by atoms with Crippen LogP contribution in [-0.4, -0.2) is 40.2 Å². The van der Waals surface area contributed by atoms with Crippen molar-refractivity contribution < 1.29 is 14.3 Å². The van der Waals surface area contributed by atoms with E-state index >= 15 is 0 Å². The zero-order valence-electron chi connectivity index (χ0n) is 13.7. The maximum Gasteiger partial charge on any atom is 0.317 e. The van der Waals surface area contributed by atoms with Crippen LogP contribution in [0.2, 0.25) is 5.02 Å². The number of nitrogens with one attached hydrogen (secondary N) is 1. The van der Waals surface area contributed by atoms with Gasteiger partial charge in [0.25, 0.3) is 0 Å². The van der Waals surface area contributed by atoms with E-state index in [1.165, 1.54) is 11.0 Å². The Labute approximate surface area is 150 Å². The average molecular weight is 364 g/mol. The maximum absolute atomic E-state index is 13.5. The third-order valence-corrected chi connectivity index (χ3v) is 5.22. The Hall–Kier alpha value is -2.18. The van der Waals surface area contributed by atoms with Crippen molar-refractivity contribution in [2.75, 3.05) is 13.7 Å². The molecular formula is C18H19ClFN3O2. The van der Waals surface area contributed by atoms with Gasteiger partial charge in [-0.3, -0.25) is 4.98 Å². The van der Waals surface area contributed by atoms with Crippen LogP contribution < -0.4 is 5.32 Å². The van der Waals surface area contributed by atoms with Gasteiger partial charge in [-0.25, -0.2) is 9.18 Å². The van der Waals surface area contributed by atoms with Crippen molar-refractivity contribution in [3.05, 3.63) is 64.7 Å². The Morgan fingerprint density at radius 1 is 1.44 bits per heavy atom. The maximum atomic E-state index is 13.5. The van der Waals surface area contributed by atoms with E-state index in [9.17, 15) is 14.3 Å². The number of nitrogens with zero attached hydrogens (tertiary/aromatic N) is 2. The fraction of sp³-hybridized carbons (Fsp3) is 0.333. The third-order valence-electron chi connectivity index (χ3n) is 4.80. The molecule has 0 bridgehead atoms. The summed E-state index contributed by atoms with van der Waals surface area (Å²) in [7, 11) is 1.64. The van der Waals surface area contributed by atoms with Gasteiger partial charge in [0.1, 0.15) is 5.82 Å². The van der Waals surface area contributed by atoms with E-state index in [-0.39, 0.29) is 30.1 Å². The molecule has 1 aromatic carbocycles. The van der Waals surface area contributed by atoms with Crippen LogP contribution in [0.3, 0.4) is 0 Å². The molecule has 132 valence electrons. The second-order valence-corrected chi connectivity index (χ2v) is 6.58. The SMILES string of the molecule is CN(C(=O)NCc1cccc(F)c1Cl)C1(CO)C[C@H]1c1ccccn1. The summed E-state index contributed by atoms with van der Waals surface area (Å²) in [5, 5.41) is 12.6. The summed E-state index contributed by atoms with van der Waals surface area (Å²) in [5.74, 6) is -0.529. The summed E-state index contributed by atoms with van der Waals surface area (Å²) >= 11 is 5.90. The van der Waals surface area contributed by atoms with Crippen LogP contribution in [0.15, 0.2) is 42.6 Å². The Kier molecular flexibility index (Phi) is 4.92. The van der Waals surface area contributed by atoms with E-state index in [2.05, 4.69) is 10.3 Å². The highest BCUT2D eigenvalue weighted by Crippen LogP contribution is 2.54. The number of carbonyl (C=O) groups is 1. The second kappa shape index (κ2) is 6.98. The largest absolute Gasteiger partial charge is 0.394 e. The molecule has 1 aromatic heterocycles. The van der Waals surface area contributed by atoms with Gasteiger partial charge < -0.3 is 15.3 Å². The van der Waals surface area contributed by atoms with E-state index in [0.717, 1.165) is 5.69 Å². The van der Waals surface area contributed by atoms with Crippen LogP contribution in [0.1, 0.15) is 23.6 Å². The molecule has 3 rings (SSSR count). The van der Waals surface area contributed by atoms with Crippen LogP contribution in [-0.2, 0) is 6.54 Å². The lowest BCUT2D eigenvalue weighted by molar-refractivity contribution is 0.133. The molecule has 1 saturated carbocycles. The van der Waals surface area contributed by atoms with Crippen molar-refractivity contribution in [1.29, 1.82) is 0 Å². The minimum absolute atomic E-state index is 0.000101. The minimum Gasteiger partial charge on any atom is -0.394 e. The minimum atomic E-state index is -0.663. The molecule has 7 heteroatoms. The third kappa shape index (κ3) is 3.32. The average Bonchev–Trinajstić information content (AvgIpc) is 3.39. The molecule has 0 saturated heterocycles. The molecule has 5 nitrogen and oxygen atoms in total. The predicted molar refractivity (Wildman–Crippen MR) is 92.8 cm³/mol. The van der Waals surface area contributed by atoms with Crippen LogP contribution in [0.4, 0.5) is 9.18 Å². The summed E-state index contributed by atoms with van der Waals surface area (Å²) in [6.45, 7) is -0.0472. The summed E-state index contributed by atoms with van der Waals surface area (Å²) in [4.78, 5) is 18.3. The summed E-state index contributed by atoms with van der Waals surface area (Å²) < 4.78 is 13.5. The molecule has 0 aliphatic heterocycles. The molecule has 1 aliphatic rings. The van der Waals surface area contributed by atoms with Crippen LogP contribution in [0, 0.1) is 5.82 Å². The van der Waals surface area contributed by atoms with Crippen LogP contribution >= 0.6 is 11.6 Å². The van der Waals surface area contributed by atoms with Gasteiger partial charge >= 0.3 is 6.03 Å². The van der Waals surface area contributed by atoms with E-state index in [1.54, 1.807) is 25.4 Å². The number of urea groups is 1. The molecule has 2 atom stereocenters. The monoisotopic (exact) mass is 363 g/mol. The first kappa shape index (κ1) is 17.6. The highest BCUT2D eigenvalue weighted by atomic mass is 35.5. The molecule has 1 aliphatic carbocycles. The second-order valence-electron chi connectivity index (χ2n) is 6.20. The van der Waals surface area contributed by atoms with Crippen molar-refractivity contribution in [1.82, 2.24) is 15.2 Å². The van der Waals surface area contributed by atoms with Crippen molar-refractivity contribution in [3.63, 3.8) is 0 Å². The number of hydrogen-bond acceptors (Lipinski definition) is 3. The highest BCUT2D eigenvalue weighted by Gasteiger charge is 2.59. The van der Waals surface area contributed by atoms with Crippen molar-refractivity contribution in [2.45, 2.75) is 24.4 Å². The van der Waals surface area contributed by atoms with Gasteiger partial charge in [0.15, 0.2) is 0 Å². The van der Waals surface area contributed by atoms with E-state index < -0.39 is 11.4 Å². The number of pyridine rings is 1. The van der Waals surface area contributed by atoms with E-state index in [0.29, 0.717) is 12.0 Å². The Morgan fingerprint density at radius 3 is 2.92 bits per heavy atom. The van der Waals surface area contributed by atoms with Crippen molar-refractivity contribution >= 4 is 17.6 Å². The number of amides is 2. The predicted octanol–water partition coefficient (Wildman–Crippen LogP) is 2.93. The number of carbonyl (C=O) groups excluding carboxylic acids is 1. The molecular weight excluding hydrogens is 345 g/mol. The molecule has 0 radical (unpaired) electrons. The Bertz CT molecular complexity index is 774. The number of aromatic nitrogens is 1. The lowest BCUT2D eigenvalue weighted by Gasteiger charge is -2.28. The number of halogens is 2. The van der Waals surface area contributed by atoms with Gasteiger partial charge in [-0.2, -0.15) is 0 Å². The van der Waals surface area contributed by atoms with Gasteiger partial charge in [0, 0.05) is 31.4 Å². The fourth-order valence-corrected chi connectivity index (χ4v) is 3.28. The Morgan fingerprint density at radius 2 is 2.24 bits per heavy atom. The van der Waals surface area contributed by atoms with E-state index in [1.807, 2.05) is 18.2 Å². The quantitative estimate of drug-likeness (QED) is 0.858. The molecule has 25 heavy (non-hydrogen) atoms. The van der Waals surface area contributed by atoms with Gasteiger partial charge in [-0.1, -0.05) is 29.8 Å². The molecule has 2 amide bonds. The van der Waals surface area contributed by atoms with Gasteiger partial charge in [0.2, 0.25) is 0 Å². The molecule has 0 spiro atoms. The van der Waals surface area contributed by atoms with Crippen molar-refractivity contribution in [3.8, 4) is 0 Å². The standard InChI is InChI=1S/C18H19ClFN3O2/c1-23(17(25)22-10-12-5-4-6-14(20)16(12)19)18(11-24)9-13(18)15-7-2-3-8-21-15/h2-8,13,24H,9-11H2,1H3,(H,22,25)/t13-,18?/m0/s1. The normalized spacial score (nSPS) is 21.7. The van der Waals surface area contributed by atoms with Crippen molar-refractivity contribution in [2.24, 2.45) is 0 Å². The molecule has 2 aromatic rings. The lowest BCUT2D eigenvalue weighted by atomic mass is 10.1. The van der Waals surface area contributed by atoms with Gasteiger partial charge in [0.05, 0.1) is 17.2 Å². The van der Waals surface area contributed by atoms with Crippen LogP contribution in [0.5, 0.6) is 0 Å². The van der Waals surface area contributed by atoms with Crippen LogP contribution in [0.25, 0.3) is 0 Å². The smallest absolute Gasteiger partial charge is 0.317 e. The summed E-state index contributed by atoms with van der Waals surface area (Å²) in [6, 6.07) is 9.71. The number of benzene rings is 1. The number of aliphatic hydroxyl groups excluding tert-OH is 1. The number of rotatable bonds is 5. The summed E-state index contributed by atoms with van der Waals surface area (Å²) in [6.07, 6.45) is 2.34. The number of aliphatic hydroxyl groups is 1. The Balaban J connectivity index is 1.67. The number of hydrogen-bond donors (Lipinski definition) is 2. The zero-order chi connectivity index (χ0) is 18.0. The van der Waals surface area contributed by atoms with Gasteiger partial charge in [-0.05, 0) is 30.2 Å².